The summed E-state index contributed by atoms with van der Waals surface area (Å²) in [5.74, 6) is 1.10. The summed E-state index contributed by atoms with van der Waals surface area (Å²) >= 11 is 1.55. The number of fused-ring (bicyclic) bond motifs is 1. The molecule has 0 aromatic carbocycles. The number of aryl methyl sites for hydroxylation is 2. The lowest BCUT2D eigenvalue weighted by atomic mass is 9.96. The van der Waals surface area contributed by atoms with E-state index in [1.165, 1.54) is 7.11 Å². The molecule has 128 valence electrons. The van der Waals surface area contributed by atoms with Gasteiger partial charge in [0.15, 0.2) is 0 Å². The molecule has 0 saturated carbocycles. The first-order chi connectivity index (χ1) is 11.5. The van der Waals surface area contributed by atoms with Crippen LogP contribution in [-0.2, 0) is 16.6 Å². The average molecular weight is 348 g/mol. The van der Waals surface area contributed by atoms with Crippen molar-refractivity contribution in [1.82, 2.24) is 24.5 Å². The molecule has 2 aromatic heterocycles. The lowest BCUT2D eigenvalue weighted by molar-refractivity contribution is -0.136. The van der Waals surface area contributed by atoms with Crippen LogP contribution in [0.25, 0.3) is 0 Å². The summed E-state index contributed by atoms with van der Waals surface area (Å²) in [4.78, 5) is 16.9. The Labute approximate surface area is 144 Å². The molecule has 0 amide bonds. The highest BCUT2D eigenvalue weighted by atomic mass is 32.2. The van der Waals surface area contributed by atoms with Crippen LogP contribution in [0.15, 0.2) is 22.6 Å². The SMILES string of the molecule is CCSc1nc2n(n1)[C@@H](c1cn(C)nc1C)C(C(=O)OC)=C(C)N2. The van der Waals surface area contributed by atoms with E-state index in [4.69, 9.17) is 4.74 Å². The number of thioether (sulfide) groups is 1. The lowest BCUT2D eigenvalue weighted by Crippen LogP contribution is -2.29. The molecule has 0 saturated heterocycles. The van der Waals surface area contributed by atoms with Gasteiger partial charge in [-0.3, -0.25) is 4.68 Å². The minimum atomic E-state index is -0.416. The molecule has 3 heterocycles. The van der Waals surface area contributed by atoms with Crippen molar-refractivity contribution in [3.05, 3.63) is 28.7 Å². The van der Waals surface area contributed by atoms with Crippen molar-refractivity contribution >= 4 is 23.7 Å². The van der Waals surface area contributed by atoms with Crippen molar-refractivity contribution in [2.24, 2.45) is 7.05 Å². The van der Waals surface area contributed by atoms with Crippen molar-refractivity contribution < 1.29 is 9.53 Å². The molecular weight excluding hydrogens is 328 g/mol. The van der Waals surface area contributed by atoms with E-state index >= 15 is 0 Å². The topological polar surface area (TPSA) is 86.9 Å². The summed E-state index contributed by atoms with van der Waals surface area (Å²) in [5.41, 5.74) is 2.96. The Hall–Kier alpha value is -2.29. The lowest BCUT2D eigenvalue weighted by Gasteiger charge is -2.27. The Bertz CT molecular complexity index is 822. The zero-order valence-corrected chi connectivity index (χ0v) is 15.1. The number of carbonyl (C=O) groups excluding carboxylic acids is 1. The summed E-state index contributed by atoms with van der Waals surface area (Å²) in [6.45, 7) is 5.81. The number of hydrogen-bond donors (Lipinski definition) is 1. The maximum atomic E-state index is 12.4. The van der Waals surface area contributed by atoms with Crippen LogP contribution in [0.1, 0.15) is 31.1 Å². The Morgan fingerprint density at radius 1 is 1.42 bits per heavy atom. The first-order valence-electron chi connectivity index (χ1n) is 7.61. The predicted molar refractivity (Wildman–Crippen MR) is 90.8 cm³/mol. The zero-order chi connectivity index (χ0) is 17.4. The summed E-state index contributed by atoms with van der Waals surface area (Å²) in [6.07, 6.45) is 1.90. The molecule has 2 aromatic rings. The summed E-state index contributed by atoms with van der Waals surface area (Å²) < 4.78 is 8.47. The molecule has 3 rings (SSSR count). The fourth-order valence-electron chi connectivity index (χ4n) is 2.87. The molecule has 1 aliphatic heterocycles. The van der Waals surface area contributed by atoms with Crippen molar-refractivity contribution in [1.29, 1.82) is 0 Å². The largest absolute Gasteiger partial charge is 0.466 e. The summed E-state index contributed by atoms with van der Waals surface area (Å²) in [6, 6.07) is -0.416. The van der Waals surface area contributed by atoms with Gasteiger partial charge >= 0.3 is 5.97 Å². The van der Waals surface area contributed by atoms with Gasteiger partial charge in [-0.15, -0.1) is 5.10 Å². The predicted octanol–water partition coefficient (Wildman–Crippen LogP) is 1.89. The van der Waals surface area contributed by atoms with Crippen LogP contribution in [0.5, 0.6) is 0 Å². The van der Waals surface area contributed by atoms with E-state index in [0.29, 0.717) is 22.4 Å². The number of anilines is 1. The van der Waals surface area contributed by atoms with Gasteiger partial charge in [0, 0.05) is 24.5 Å². The van der Waals surface area contributed by atoms with Gasteiger partial charge in [-0.05, 0) is 19.6 Å². The van der Waals surface area contributed by atoms with Gasteiger partial charge in [0.1, 0.15) is 6.04 Å². The van der Waals surface area contributed by atoms with Crippen LogP contribution in [-0.4, -0.2) is 43.4 Å². The molecule has 0 bridgehead atoms. The molecule has 9 heteroatoms. The van der Waals surface area contributed by atoms with Crippen molar-refractivity contribution in [2.45, 2.75) is 32.0 Å². The van der Waals surface area contributed by atoms with Crippen LogP contribution in [0, 0.1) is 6.92 Å². The van der Waals surface area contributed by atoms with Gasteiger partial charge in [0.05, 0.1) is 18.4 Å². The molecule has 0 unspecified atom stereocenters. The molecule has 1 N–H and O–H groups in total. The second-order valence-corrected chi connectivity index (χ2v) is 6.73. The molecular formula is C15H20N6O2S. The van der Waals surface area contributed by atoms with Gasteiger partial charge in [0.2, 0.25) is 11.1 Å². The average Bonchev–Trinajstić information content (AvgIpc) is 3.07. The van der Waals surface area contributed by atoms with Crippen LogP contribution in [0.3, 0.4) is 0 Å². The Morgan fingerprint density at radius 2 is 2.17 bits per heavy atom. The van der Waals surface area contributed by atoms with Gasteiger partial charge < -0.3 is 10.1 Å². The number of allylic oxidation sites excluding steroid dienone is 1. The number of esters is 1. The summed E-state index contributed by atoms with van der Waals surface area (Å²) in [5, 5.41) is 12.8. The van der Waals surface area contributed by atoms with Gasteiger partial charge in [-0.1, -0.05) is 18.7 Å². The van der Waals surface area contributed by atoms with E-state index in [1.54, 1.807) is 21.1 Å². The number of methoxy groups -OCH3 is 1. The van der Waals surface area contributed by atoms with E-state index in [0.717, 1.165) is 17.0 Å². The van der Waals surface area contributed by atoms with Gasteiger partial charge in [0.25, 0.3) is 0 Å². The van der Waals surface area contributed by atoms with Gasteiger partial charge in [-0.2, -0.15) is 10.1 Å². The molecule has 0 aliphatic carbocycles. The fraction of sp³-hybridized carbons (Fsp3) is 0.467. The first kappa shape index (κ1) is 16.6. The van der Waals surface area contributed by atoms with Crippen molar-refractivity contribution in [2.75, 3.05) is 18.2 Å². The van der Waals surface area contributed by atoms with Crippen LogP contribution in [0.2, 0.25) is 0 Å². The molecule has 24 heavy (non-hydrogen) atoms. The highest BCUT2D eigenvalue weighted by molar-refractivity contribution is 7.99. The normalized spacial score (nSPS) is 16.8. The van der Waals surface area contributed by atoms with Crippen LogP contribution < -0.4 is 5.32 Å². The Morgan fingerprint density at radius 3 is 2.75 bits per heavy atom. The fourth-order valence-corrected chi connectivity index (χ4v) is 3.42. The third-order valence-electron chi connectivity index (χ3n) is 3.86. The zero-order valence-electron chi connectivity index (χ0n) is 14.3. The van der Waals surface area contributed by atoms with Gasteiger partial charge in [-0.25, -0.2) is 9.48 Å². The minimum absolute atomic E-state index is 0.390. The highest BCUT2D eigenvalue weighted by Crippen LogP contribution is 2.37. The number of nitrogens with zero attached hydrogens (tertiary/aromatic N) is 5. The molecule has 0 spiro atoms. The Balaban J connectivity index is 2.19. The number of ether oxygens (including phenoxy) is 1. The van der Waals surface area contributed by atoms with E-state index in [-0.39, 0.29) is 5.97 Å². The van der Waals surface area contributed by atoms with E-state index < -0.39 is 6.04 Å². The molecule has 1 aliphatic rings. The second-order valence-electron chi connectivity index (χ2n) is 5.50. The molecule has 8 nitrogen and oxygen atoms in total. The quantitative estimate of drug-likeness (QED) is 0.667. The standard InChI is InChI=1S/C15H20N6O2S/c1-6-24-15-17-14-16-9(3)11(13(22)23-5)12(21(14)19-15)10-7-20(4)18-8(10)2/h7,12H,6H2,1-5H3,(H,16,17,19)/t12-/m0/s1. The molecule has 1 atom stereocenters. The van der Waals surface area contributed by atoms with Crippen LogP contribution in [0.4, 0.5) is 5.95 Å². The minimum Gasteiger partial charge on any atom is -0.466 e. The van der Waals surface area contributed by atoms with E-state index in [9.17, 15) is 4.79 Å². The third-order valence-corrected chi connectivity index (χ3v) is 4.58. The third kappa shape index (κ3) is 2.68. The van der Waals surface area contributed by atoms with E-state index in [2.05, 4.69) is 20.5 Å². The smallest absolute Gasteiger partial charge is 0.338 e. The molecule has 0 fully saturated rings. The first-order valence-corrected chi connectivity index (χ1v) is 8.60. The number of aromatic nitrogens is 5. The van der Waals surface area contributed by atoms with Crippen molar-refractivity contribution in [3.63, 3.8) is 0 Å². The number of hydrogen-bond acceptors (Lipinski definition) is 7. The van der Waals surface area contributed by atoms with E-state index in [1.807, 2.05) is 34.0 Å². The number of nitrogens with one attached hydrogen (secondary N) is 1. The Kier molecular flexibility index (Phi) is 4.35. The van der Waals surface area contributed by atoms with Crippen LogP contribution >= 0.6 is 11.8 Å². The maximum Gasteiger partial charge on any atom is 0.338 e. The summed E-state index contributed by atoms with van der Waals surface area (Å²) in [7, 11) is 3.23. The molecule has 0 radical (unpaired) electrons. The number of carbonyl (C=O) groups is 1. The monoisotopic (exact) mass is 348 g/mol. The highest BCUT2D eigenvalue weighted by Gasteiger charge is 2.36. The second kappa shape index (κ2) is 6.31. The van der Waals surface area contributed by atoms with Crippen molar-refractivity contribution in [3.8, 4) is 0 Å². The maximum absolute atomic E-state index is 12.4. The number of rotatable bonds is 4.